The van der Waals surface area contributed by atoms with Gasteiger partial charge in [-0.25, -0.2) is 0 Å². The van der Waals surface area contributed by atoms with Crippen LogP contribution < -0.4 is 0 Å². The summed E-state index contributed by atoms with van der Waals surface area (Å²) in [4.78, 5) is 0. The van der Waals surface area contributed by atoms with Gasteiger partial charge in [0, 0.05) is 19.6 Å². The van der Waals surface area contributed by atoms with Crippen LogP contribution in [0.15, 0.2) is 30.3 Å². The van der Waals surface area contributed by atoms with Crippen molar-refractivity contribution >= 4 is 0 Å². The standard InChI is InChI=1S/C14H20O3/c15-12-14(7-4-9-17-14)8-10-16-11-13-5-2-1-3-6-13/h1-3,5-6,15H,4,7-12H2. The Kier molecular flexibility index (Phi) is 4.54. The highest BCUT2D eigenvalue weighted by molar-refractivity contribution is 5.13. The van der Waals surface area contributed by atoms with Gasteiger partial charge in [0.15, 0.2) is 0 Å². The molecule has 1 aromatic carbocycles. The van der Waals surface area contributed by atoms with Crippen molar-refractivity contribution in [2.45, 2.75) is 31.5 Å². The van der Waals surface area contributed by atoms with Crippen molar-refractivity contribution in [2.75, 3.05) is 19.8 Å². The Morgan fingerprint density at radius 1 is 1.29 bits per heavy atom. The Bertz CT molecular complexity index is 317. The average molecular weight is 236 g/mol. The van der Waals surface area contributed by atoms with E-state index in [2.05, 4.69) is 0 Å². The lowest BCUT2D eigenvalue weighted by Gasteiger charge is -2.25. The molecule has 0 saturated carbocycles. The molecule has 3 heteroatoms. The molecule has 1 aliphatic heterocycles. The number of aliphatic hydroxyl groups is 1. The van der Waals surface area contributed by atoms with Crippen molar-refractivity contribution in [3.63, 3.8) is 0 Å². The van der Waals surface area contributed by atoms with Crippen LogP contribution in [0.4, 0.5) is 0 Å². The van der Waals surface area contributed by atoms with E-state index in [4.69, 9.17) is 9.47 Å². The van der Waals surface area contributed by atoms with E-state index in [1.807, 2.05) is 30.3 Å². The summed E-state index contributed by atoms with van der Waals surface area (Å²) in [5.41, 5.74) is 0.842. The summed E-state index contributed by atoms with van der Waals surface area (Å²) in [5, 5.41) is 9.35. The zero-order chi connectivity index (χ0) is 12.0. The average Bonchev–Trinajstić information content (AvgIpc) is 2.85. The van der Waals surface area contributed by atoms with Crippen LogP contribution in [0, 0.1) is 0 Å². The Balaban J connectivity index is 1.69. The number of hydrogen-bond acceptors (Lipinski definition) is 3. The molecule has 1 saturated heterocycles. The van der Waals surface area contributed by atoms with Crippen LogP contribution in [0.5, 0.6) is 0 Å². The summed E-state index contributed by atoms with van der Waals surface area (Å²) < 4.78 is 11.2. The van der Waals surface area contributed by atoms with E-state index >= 15 is 0 Å². The minimum atomic E-state index is -0.337. The van der Waals surface area contributed by atoms with Gasteiger partial charge in [-0.3, -0.25) is 0 Å². The van der Waals surface area contributed by atoms with Crippen LogP contribution in [0.2, 0.25) is 0 Å². The maximum Gasteiger partial charge on any atom is 0.0934 e. The third-order valence-corrected chi connectivity index (χ3v) is 3.29. The van der Waals surface area contributed by atoms with Crippen LogP contribution in [-0.2, 0) is 16.1 Å². The summed E-state index contributed by atoms with van der Waals surface area (Å²) in [6, 6.07) is 10.1. The molecule has 1 heterocycles. The predicted molar refractivity (Wildman–Crippen MR) is 65.7 cm³/mol. The minimum Gasteiger partial charge on any atom is -0.393 e. The van der Waals surface area contributed by atoms with Crippen LogP contribution in [0.25, 0.3) is 0 Å². The van der Waals surface area contributed by atoms with Gasteiger partial charge in [0.1, 0.15) is 0 Å². The molecule has 17 heavy (non-hydrogen) atoms. The first kappa shape index (κ1) is 12.6. The molecule has 0 bridgehead atoms. The first-order valence-electron chi connectivity index (χ1n) is 6.21. The number of rotatable bonds is 6. The topological polar surface area (TPSA) is 38.7 Å². The predicted octanol–water partition coefficient (Wildman–Crippen LogP) is 2.13. The van der Waals surface area contributed by atoms with Crippen molar-refractivity contribution in [2.24, 2.45) is 0 Å². The molecule has 1 aliphatic rings. The Morgan fingerprint density at radius 2 is 2.12 bits per heavy atom. The smallest absolute Gasteiger partial charge is 0.0934 e. The molecule has 1 atom stereocenters. The summed E-state index contributed by atoms with van der Waals surface area (Å²) >= 11 is 0. The second-order valence-electron chi connectivity index (χ2n) is 4.58. The molecule has 3 nitrogen and oxygen atoms in total. The molecule has 0 radical (unpaired) electrons. The van der Waals surface area contributed by atoms with Crippen LogP contribution in [0.1, 0.15) is 24.8 Å². The van der Waals surface area contributed by atoms with E-state index in [0.717, 1.165) is 25.9 Å². The van der Waals surface area contributed by atoms with Gasteiger partial charge in [-0.15, -0.1) is 0 Å². The first-order valence-corrected chi connectivity index (χ1v) is 6.21. The number of benzene rings is 1. The fourth-order valence-electron chi connectivity index (χ4n) is 2.18. The van der Waals surface area contributed by atoms with Crippen LogP contribution >= 0.6 is 0 Å². The van der Waals surface area contributed by atoms with Crippen molar-refractivity contribution in [3.8, 4) is 0 Å². The van der Waals surface area contributed by atoms with Gasteiger partial charge < -0.3 is 14.6 Å². The quantitative estimate of drug-likeness (QED) is 0.769. The second-order valence-corrected chi connectivity index (χ2v) is 4.58. The maximum atomic E-state index is 9.35. The van der Waals surface area contributed by atoms with E-state index in [9.17, 15) is 5.11 Å². The Morgan fingerprint density at radius 3 is 2.76 bits per heavy atom. The fraction of sp³-hybridized carbons (Fsp3) is 0.571. The van der Waals surface area contributed by atoms with Crippen LogP contribution in [0.3, 0.4) is 0 Å². The minimum absolute atomic E-state index is 0.0989. The molecular weight excluding hydrogens is 216 g/mol. The highest BCUT2D eigenvalue weighted by Crippen LogP contribution is 2.28. The normalized spacial score (nSPS) is 24.1. The van der Waals surface area contributed by atoms with E-state index in [1.165, 1.54) is 5.56 Å². The molecular formula is C14H20O3. The van der Waals surface area contributed by atoms with E-state index < -0.39 is 0 Å². The second kappa shape index (κ2) is 6.15. The lowest BCUT2D eigenvalue weighted by Crippen LogP contribution is -2.33. The maximum absolute atomic E-state index is 9.35. The molecule has 0 spiro atoms. The number of ether oxygens (including phenoxy) is 2. The molecule has 1 N–H and O–H groups in total. The third-order valence-electron chi connectivity index (χ3n) is 3.29. The van der Waals surface area contributed by atoms with Gasteiger partial charge in [0.2, 0.25) is 0 Å². The first-order chi connectivity index (χ1) is 8.35. The molecule has 1 fully saturated rings. The van der Waals surface area contributed by atoms with Crippen molar-refractivity contribution in [1.29, 1.82) is 0 Å². The van der Waals surface area contributed by atoms with Crippen molar-refractivity contribution in [1.82, 2.24) is 0 Å². The number of hydrogen-bond donors (Lipinski definition) is 1. The molecule has 0 aromatic heterocycles. The van der Waals surface area contributed by atoms with E-state index in [1.54, 1.807) is 0 Å². The van der Waals surface area contributed by atoms with Crippen molar-refractivity contribution < 1.29 is 14.6 Å². The zero-order valence-electron chi connectivity index (χ0n) is 10.1. The summed E-state index contributed by atoms with van der Waals surface area (Å²) in [5.74, 6) is 0. The van der Waals surface area contributed by atoms with Gasteiger partial charge in [-0.1, -0.05) is 30.3 Å². The highest BCUT2D eigenvalue weighted by Gasteiger charge is 2.33. The SMILES string of the molecule is OCC1(CCOCc2ccccc2)CCCO1. The van der Waals surface area contributed by atoms with Gasteiger partial charge in [0.25, 0.3) is 0 Å². The molecule has 1 unspecified atom stereocenters. The molecule has 2 rings (SSSR count). The Hall–Kier alpha value is -0.900. The fourth-order valence-corrected chi connectivity index (χ4v) is 2.18. The summed E-state index contributed by atoms with van der Waals surface area (Å²) in [7, 11) is 0. The highest BCUT2D eigenvalue weighted by atomic mass is 16.5. The van der Waals surface area contributed by atoms with Gasteiger partial charge >= 0.3 is 0 Å². The molecule has 0 amide bonds. The summed E-state index contributed by atoms with van der Waals surface area (Å²) in [6.07, 6.45) is 2.76. The van der Waals surface area contributed by atoms with Crippen LogP contribution in [-0.4, -0.2) is 30.5 Å². The van der Waals surface area contributed by atoms with Gasteiger partial charge in [0.05, 0.1) is 18.8 Å². The van der Waals surface area contributed by atoms with E-state index in [-0.39, 0.29) is 12.2 Å². The van der Waals surface area contributed by atoms with Crippen molar-refractivity contribution in [3.05, 3.63) is 35.9 Å². The van der Waals surface area contributed by atoms with E-state index in [0.29, 0.717) is 13.2 Å². The Labute approximate surface area is 102 Å². The number of aliphatic hydroxyl groups excluding tert-OH is 1. The summed E-state index contributed by atoms with van der Waals surface area (Å²) in [6.45, 7) is 2.12. The van der Waals surface area contributed by atoms with Gasteiger partial charge in [-0.05, 0) is 18.4 Å². The lowest BCUT2D eigenvalue weighted by molar-refractivity contribution is -0.0605. The largest absolute Gasteiger partial charge is 0.393 e. The van der Waals surface area contributed by atoms with Gasteiger partial charge in [-0.2, -0.15) is 0 Å². The molecule has 0 aliphatic carbocycles. The molecule has 1 aromatic rings. The molecule has 94 valence electrons. The third kappa shape index (κ3) is 3.53. The monoisotopic (exact) mass is 236 g/mol. The lowest BCUT2D eigenvalue weighted by atomic mass is 9.98. The zero-order valence-corrected chi connectivity index (χ0v) is 10.1.